The lowest BCUT2D eigenvalue weighted by atomic mass is 10.0. The zero-order chi connectivity index (χ0) is 34.0. The Labute approximate surface area is 284 Å². The van der Waals surface area contributed by atoms with Crippen molar-refractivity contribution in [2.24, 2.45) is 0 Å². The molecule has 0 fully saturated rings. The van der Waals surface area contributed by atoms with Crippen LogP contribution >= 0.6 is 15.9 Å². The van der Waals surface area contributed by atoms with Crippen molar-refractivity contribution in [3.63, 3.8) is 0 Å². The summed E-state index contributed by atoms with van der Waals surface area (Å²) in [5.74, 6) is -1.02. The molecule has 0 heterocycles. The molecule has 4 rings (SSSR count). The third kappa shape index (κ3) is 9.65. The van der Waals surface area contributed by atoms with E-state index in [1.165, 1.54) is 41.3 Å². The average molecular weight is 725 g/mol. The highest BCUT2D eigenvalue weighted by atomic mass is 79.9. The van der Waals surface area contributed by atoms with Gasteiger partial charge in [0.25, 0.3) is 10.0 Å². The number of nitrogens with one attached hydrogen (secondary N) is 1. The van der Waals surface area contributed by atoms with Crippen molar-refractivity contribution >= 4 is 43.5 Å². The van der Waals surface area contributed by atoms with E-state index in [4.69, 9.17) is 4.74 Å². The quantitative estimate of drug-likeness (QED) is 0.147. The predicted molar refractivity (Wildman–Crippen MR) is 185 cm³/mol. The fraction of sp³-hybridized carbons (Fsp3) is 0.278. The fourth-order valence-electron chi connectivity index (χ4n) is 4.96. The first-order valence-electron chi connectivity index (χ1n) is 15.4. The van der Waals surface area contributed by atoms with Crippen molar-refractivity contribution in [3.05, 3.63) is 125 Å². The van der Waals surface area contributed by atoms with Gasteiger partial charge in [0.2, 0.25) is 11.8 Å². The molecule has 1 N–H and O–H groups in total. The minimum atomic E-state index is -4.33. The number of carbonyl (C=O) groups is 2. The lowest BCUT2D eigenvalue weighted by Gasteiger charge is -2.34. The Morgan fingerprint density at radius 1 is 0.894 bits per heavy atom. The van der Waals surface area contributed by atoms with Crippen LogP contribution in [0.2, 0.25) is 0 Å². The van der Waals surface area contributed by atoms with Gasteiger partial charge in [0, 0.05) is 23.5 Å². The summed E-state index contributed by atoms with van der Waals surface area (Å²) in [6.45, 7) is 5.46. The maximum absolute atomic E-state index is 14.5. The van der Waals surface area contributed by atoms with Crippen molar-refractivity contribution in [2.45, 2.75) is 57.1 Å². The van der Waals surface area contributed by atoms with E-state index in [1.807, 2.05) is 75.4 Å². The van der Waals surface area contributed by atoms with Crippen LogP contribution in [0, 0.1) is 5.82 Å². The summed E-state index contributed by atoms with van der Waals surface area (Å²) >= 11 is 3.48. The Kier molecular flexibility index (Phi) is 12.6. The maximum Gasteiger partial charge on any atom is 0.264 e. The van der Waals surface area contributed by atoms with Gasteiger partial charge in [-0.05, 0) is 92.1 Å². The fourth-order valence-corrected chi connectivity index (χ4v) is 6.83. The summed E-state index contributed by atoms with van der Waals surface area (Å²) in [7, 11) is -4.33. The summed E-state index contributed by atoms with van der Waals surface area (Å²) < 4.78 is 49.5. The molecule has 0 spiro atoms. The SMILES string of the molecule is CCOc1ccc(S(=O)(=O)N(CC(=O)N(Cc2cccc(Br)c2)[C@@H](Cc2ccccc2)C(=O)N[C@@H](C)CC)c2ccc(F)cc2)cc1. The normalized spacial score (nSPS) is 12.5. The zero-order valence-electron chi connectivity index (χ0n) is 26.6. The van der Waals surface area contributed by atoms with Crippen LogP contribution in [0.25, 0.3) is 0 Å². The van der Waals surface area contributed by atoms with Gasteiger partial charge in [0.05, 0.1) is 17.2 Å². The molecule has 0 unspecified atom stereocenters. The number of hydrogen-bond donors (Lipinski definition) is 1. The highest BCUT2D eigenvalue weighted by Crippen LogP contribution is 2.27. The number of benzene rings is 4. The third-order valence-electron chi connectivity index (χ3n) is 7.63. The minimum Gasteiger partial charge on any atom is -0.494 e. The third-order valence-corrected chi connectivity index (χ3v) is 9.91. The van der Waals surface area contributed by atoms with Crippen LogP contribution < -0.4 is 14.4 Å². The van der Waals surface area contributed by atoms with Crippen LogP contribution in [0.3, 0.4) is 0 Å². The molecule has 2 atom stereocenters. The topological polar surface area (TPSA) is 96.0 Å². The van der Waals surface area contributed by atoms with Crippen molar-refractivity contribution in [2.75, 3.05) is 17.5 Å². The minimum absolute atomic E-state index is 0.0318. The molecule has 0 radical (unpaired) electrons. The lowest BCUT2D eigenvalue weighted by Crippen LogP contribution is -2.54. The maximum atomic E-state index is 14.5. The summed E-state index contributed by atoms with van der Waals surface area (Å²) in [5.41, 5.74) is 1.67. The van der Waals surface area contributed by atoms with Gasteiger partial charge in [-0.25, -0.2) is 12.8 Å². The second kappa shape index (κ2) is 16.6. The number of anilines is 1. The standard InChI is InChI=1S/C36H39BrFN3O5S/c1-4-26(3)39-36(43)34(23-27-10-7-6-8-11-27)40(24-28-12-9-13-29(37)22-28)35(42)25-41(31-16-14-30(38)15-17-31)47(44,45)33-20-18-32(19-21-33)46-5-2/h6-22,26,34H,4-5,23-25H2,1-3H3,(H,39,43)/t26-,34-/m0/s1. The first-order chi connectivity index (χ1) is 22.5. The molecule has 0 saturated heterocycles. The number of carbonyl (C=O) groups excluding carboxylic acids is 2. The van der Waals surface area contributed by atoms with Crippen LogP contribution in [0.15, 0.2) is 112 Å². The largest absolute Gasteiger partial charge is 0.494 e. The molecule has 0 bridgehead atoms. The van der Waals surface area contributed by atoms with E-state index in [-0.39, 0.29) is 35.5 Å². The second-order valence-electron chi connectivity index (χ2n) is 11.1. The molecule has 2 amide bonds. The Balaban J connectivity index is 1.80. The molecule has 0 aromatic heterocycles. The summed E-state index contributed by atoms with van der Waals surface area (Å²) in [6, 6.07) is 26.4. The van der Waals surface area contributed by atoms with Crippen molar-refractivity contribution < 1.29 is 27.1 Å². The van der Waals surface area contributed by atoms with E-state index in [0.29, 0.717) is 18.8 Å². The van der Waals surface area contributed by atoms with Gasteiger partial charge in [-0.1, -0.05) is 65.3 Å². The first kappa shape index (κ1) is 35.6. The number of halogens is 2. The number of rotatable bonds is 15. The Morgan fingerprint density at radius 2 is 1.55 bits per heavy atom. The van der Waals surface area contributed by atoms with Gasteiger partial charge in [0.1, 0.15) is 24.2 Å². The Bertz CT molecular complexity index is 1740. The smallest absolute Gasteiger partial charge is 0.264 e. The van der Waals surface area contributed by atoms with Crippen molar-refractivity contribution in [1.29, 1.82) is 0 Å². The highest BCUT2D eigenvalue weighted by molar-refractivity contribution is 9.10. The Hall–Kier alpha value is -4.22. The van der Waals surface area contributed by atoms with Crippen molar-refractivity contribution in [3.8, 4) is 5.75 Å². The molecule has 4 aromatic rings. The number of amides is 2. The van der Waals surface area contributed by atoms with Gasteiger partial charge in [-0.15, -0.1) is 0 Å². The van der Waals surface area contributed by atoms with E-state index in [1.54, 1.807) is 0 Å². The zero-order valence-corrected chi connectivity index (χ0v) is 29.0. The van der Waals surface area contributed by atoms with E-state index in [2.05, 4.69) is 21.2 Å². The molecule has 0 aliphatic heterocycles. The van der Waals surface area contributed by atoms with Crippen LogP contribution in [-0.2, 0) is 32.6 Å². The van der Waals surface area contributed by atoms with Crippen LogP contribution in [-0.4, -0.2) is 50.4 Å². The van der Waals surface area contributed by atoms with Crippen LogP contribution in [0.5, 0.6) is 5.75 Å². The first-order valence-corrected chi connectivity index (χ1v) is 17.6. The van der Waals surface area contributed by atoms with Gasteiger partial charge in [-0.3, -0.25) is 13.9 Å². The van der Waals surface area contributed by atoms with Gasteiger partial charge in [-0.2, -0.15) is 0 Å². The number of sulfonamides is 1. The molecular formula is C36H39BrFN3O5S. The molecule has 11 heteroatoms. The molecule has 0 aliphatic rings. The van der Waals surface area contributed by atoms with Crippen LogP contribution in [0.1, 0.15) is 38.3 Å². The lowest BCUT2D eigenvalue weighted by molar-refractivity contribution is -0.140. The molecule has 47 heavy (non-hydrogen) atoms. The van der Waals surface area contributed by atoms with E-state index < -0.39 is 34.3 Å². The molecule has 0 saturated carbocycles. The van der Waals surface area contributed by atoms with E-state index >= 15 is 0 Å². The number of hydrogen-bond acceptors (Lipinski definition) is 5. The van der Waals surface area contributed by atoms with Gasteiger partial charge < -0.3 is 15.0 Å². The van der Waals surface area contributed by atoms with Gasteiger partial charge in [0.15, 0.2) is 0 Å². The van der Waals surface area contributed by atoms with E-state index in [0.717, 1.165) is 32.0 Å². The molecular weight excluding hydrogens is 685 g/mol. The number of nitrogens with zero attached hydrogens (tertiary/aromatic N) is 2. The van der Waals surface area contributed by atoms with Crippen LogP contribution in [0.4, 0.5) is 10.1 Å². The molecule has 4 aromatic carbocycles. The molecule has 248 valence electrons. The monoisotopic (exact) mass is 723 g/mol. The van der Waals surface area contributed by atoms with Crippen molar-refractivity contribution in [1.82, 2.24) is 10.2 Å². The highest BCUT2D eigenvalue weighted by Gasteiger charge is 2.35. The second-order valence-corrected chi connectivity index (χ2v) is 13.8. The predicted octanol–water partition coefficient (Wildman–Crippen LogP) is 6.74. The molecule has 8 nitrogen and oxygen atoms in total. The summed E-state index contributed by atoms with van der Waals surface area (Å²) in [6.07, 6.45) is 0.882. The van der Waals surface area contributed by atoms with E-state index in [9.17, 15) is 22.4 Å². The van der Waals surface area contributed by atoms with Gasteiger partial charge >= 0.3 is 0 Å². The molecule has 0 aliphatic carbocycles. The average Bonchev–Trinajstić information content (AvgIpc) is 3.06. The summed E-state index contributed by atoms with van der Waals surface area (Å²) in [5, 5.41) is 3.02. The Morgan fingerprint density at radius 3 is 2.17 bits per heavy atom. The number of ether oxygens (including phenoxy) is 1. The summed E-state index contributed by atoms with van der Waals surface area (Å²) in [4.78, 5) is 29.8.